The Balaban J connectivity index is 2.47. The van der Waals surface area contributed by atoms with Crippen molar-refractivity contribution in [3.05, 3.63) is 12.5 Å². The predicted octanol–water partition coefficient (Wildman–Crippen LogP) is 1.72. The topological polar surface area (TPSA) is 38.8 Å². The summed E-state index contributed by atoms with van der Waals surface area (Å²) in [4.78, 5) is 12.9. The number of ether oxygens (including phenoxy) is 2. The highest BCUT2D eigenvalue weighted by atomic mass is 16.6. The minimum absolute atomic E-state index is 0.327. The van der Waals surface area contributed by atoms with Crippen molar-refractivity contribution in [3.63, 3.8) is 0 Å². The first-order chi connectivity index (χ1) is 5.99. The fourth-order valence-electron chi connectivity index (χ4n) is 0.883. The summed E-state index contributed by atoms with van der Waals surface area (Å²) in [6, 6.07) is 0. The SMILES string of the molecule is CC(C)(C)OC(=O)N1C=COCC1. The van der Waals surface area contributed by atoms with Crippen LogP contribution in [-0.2, 0) is 9.47 Å². The van der Waals surface area contributed by atoms with Gasteiger partial charge in [-0.1, -0.05) is 0 Å². The van der Waals surface area contributed by atoms with Crippen molar-refractivity contribution >= 4 is 6.09 Å². The molecule has 1 heterocycles. The number of hydrogen-bond acceptors (Lipinski definition) is 3. The lowest BCUT2D eigenvalue weighted by molar-refractivity contribution is 0.0268. The van der Waals surface area contributed by atoms with E-state index in [1.54, 1.807) is 6.20 Å². The minimum Gasteiger partial charge on any atom is -0.498 e. The van der Waals surface area contributed by atoms with Crippen LogP contribution in [0, 0.1) is 0 Å². The third kappa shape index (κ3) is 3.36. The van der Waals surface area contributed by atoms with E-state index in [0.717, 1.165) is 0 Å². The molecule has 0 fully saturated rings. The van der Waals surface area contributed by atoms with Gasteiger partial charge in [-0.2, -0.15) is 0 Å². The van der Waals surface area contributed by atoms with Gasteiger partial charge in [-0.3, -0.25) is 4.90 Å². The van der Waals surface area contributed by atoms with Gasteiger partial charge >= 0.3 is 6.09 Å². The molecule has 0 saturated heterocycles. The number of carbonyl (C=O) groups excluding carboxylic acids is 1. The summed E-state index contributed by atoms with van der Waals surface area (Å²) in [7, 11) is 0. The van der Waals surface area contributed by atoms with Crippen LogP contribution >= 0.6 is 0 Å². The highest BCUT2D eigenvalue weighted by Crippen LogP contribution is 2.11. The van der Waals surface area contributed by atoms with E-state index in [4.69, 9.17) is 9.47 Å². The van der Waals surface area contributed by atoms with Gasteiger partial charge in [0.1, 0.15) is 12.2 Å². The zero-order valence-corrected chi connectivity index (χ0v) is 8.24. The largest absolute Gasteiger partial charge is 0.498 e. The Labute approximate surface area is 78.1 Å². The quantitative estimate of drug-likeness (QED) is 0.576. The Kier molecular flexibility index (Phi) is 2.80. The van der Waals surface area contributed by atoms with Gasteiger partial charge in [0.15, 0.2) is 0 Å². The summed E-state index contributed by atoms with van der Waals surface area (Å²) in [6.45, 7) is 6.60. The first kappa shape index (κ1) is 9.89. The molecule has 0 aliphatic carbocycles. The first-order valence-electron chi connectivity index (χ1n) is 4.27. The molecule has 0 aromatic carbocycles. The number of amides is 1. The second-order valence-corrected chi connectivity index (χ2v) is 3.83. The maximum Gasteiger partial charge on any atom is 0.414 e. The standard InChI is InChI=1S/C9H15NO3/c1-9(2,3)13-8(11)10-4-6-12-7-5-10/h4,6H,5,7H2,1-3H3. The molecule has 1 aliphatic heterocycles. The maximum atomic E-state index is 11.4. The van der Waals surface area contributed by atoms with Crippen LogP contribution in [0.25, 0.3) is 0 Å². The zero-order valence-electron chi connectivity index (χ0n) is 8.24. The monoisotopic (exact) mass is 185 g/mol. The highest BCUT2D eigenvalue weighted by Gasteiger charge is 2.21. The molecule has 4 heteroatoms. The van der Waals surface area contributed by atoms with Crippen LogP contribution in [0.3, 0.4) is 0 Å². The van der Waals surface area contributed by atoms with E-state index < -0.39 is 5.60 Å². The van der Waals surface area contributed by atoms with Crippen molar-refractivity contribution < 1.29 is 14.3 Å². The van der Waals surface area contributed by atoms with Crippen LogP contribution in [0.4, 0.5) is 4.79 Å². The summed E-state index contributed by atoms with van der Waals surface area (Å²) in [6.07, 6.45) is 2.75. The Morgan fingerprint density at radius 1 is 1.54 bits per heavy atom. The molecule has 0 radical (unpaired) electrons. The fraction of sp³-hybridized carbons (Fsp3) is 0.667. The summed E-state index contributed by atoms with van der Waals surface area (Å²) < 4.78 is 10.1. The number of hydrogen-bond donors (Lipinski definition) is 0. The van der Waals surface area contributed by atoms with Crippen LogP contribution in [-0.4, -0.2) is 29.7 Å². The Morgan fingerprint density at radius 3 is 2.69 bits per heavy atom. The minimum atomic E-state index is -0.441. The summed E-state index contributed by atoms with van der Waals surface area (Å²) in [5.74, 6) is 0. The van der Waals surface area contributed by atoms with E-state index in [-0.39, 0.29) is 6.09 Å². The number of rotatable bonds is 0. The molecule has 74 valence electrons. The van der Waals surface area contributed by atoms with Gasteiger partial charge in [0.25, 0.3) is 0 Å². The molecule has 0 bridgehead atoms. The van der Waals surface area contributed by atoms with Gasteiger partial charge in [0.2, 0.25) is 0 Å². The van der Waals surface area contributed by atoms with Crippen molar-refractivity contribution in [1.82, 2.24) is 4.90 Å². The van der Waals surface area contributed by atoms with Crippen molar-refractivity contribution in [3.8, 4) is 0 Å². The molecule has 1 aliphatic rings. The summed E-state index contributed by atoms with van der Waals surface area (Å²) >= 11 is 0. The maximum absolute atomic E-state index is 11.4. The van der Waals surface area contributed by atoms with Crippen molar-refractivity contribution in [2.24, 2.45) is 0 Å². The normalized spacial score (nSPS) is 16.7. The average molecular weight is 185 g/mol. The molecular weight excluding hydrogens is 170 g/mol. The van der Waals surface area contributed by atoms with E-state index in [0.29, 0.717) is 13.2 Å². The molecule has 1 rings (SSSR count). The van der Waals surface area contributed by atoms with Crippen molar-refractivity contribution in [1.29, 1.82) is 0 Å². The second-order valence-electron chi connectivity index (χ2n) is 3.83. The van der Waals surface area contributed by atoms with Gasteiger partial charge < -0.3 is 9.47 Å². The molecule has 1 amide bonds. The average Bonchev–Trinajstić information content (AvgIpc) is 2.03. The van der Waals surface area contributed by atoms with E-state index in [1.807, 2.05) is 20.8 Å². The zero-order chi connectivity index (χ0) is 9.90. The Hall–Kier alpha value is -1.19. The van der Waals surface area contributed by atoms with Crippen molar-refractivity contribution in [2.75, 3.05) is 13.2 Å². The van der Waals surface area contributed by atoms with Crippen LogP contribution < -0.4 is 0 Å². The number of nitrogens with zero attached hydrogens (tertiary/aromatic N) is 1. The van der Waals surface area contributed by atoms with Crippen LogP contribution in [0.15, 0.2) is 12.5 Å². The van der Waals surface area contributed by atoms with Gasteiger partial charge in [0, 0.05) is 6.20 Å². The van der Waals surface area contributed by atoms with Crippen LogP contribution in [0.2, 0.25) is 0 Å². The van der Waals surface area contributed by atoms with Crippen LogP contribution in [0.1, 0.15) is 20.8 Å². The molecule has 0 aromatic rings. The van der Waals surface area contributed by atoms with Gasteiger partial charge in [-0.15, -0.1) is 0 Å². The third-order valence-corrected chi connectivity index (χ3v) is 1.42. The highest BCUT2D eigenvalue weighted by molar-refractivity contribution is 5.69. The molecule has 0 spiro atoms. The lowest BCUT2D eigenvalue weighted by Crippen LogP contribution is -2.36. The van der Waals surface area contributed by atoms with E-state index in [1.165, 1.54) is 11.2 Å². The third-order valence-electron chi connectivity index (χ3n) is 1.42. The first-order valence-corrected chi connectivity index (χ1v) is 4.27. The van der Waals surface area contributed by atoms with Crippen LogP contribution in [0.5, 0.6) is 0 Å². The molecule has 0 saturated carbocycles. The predicted molar refractivity (Wildman–Crippen MR) is 48.0 cm³/mol. The van der Waals surface area contributed by atoms with E-state index in [9.17, 15) is 4.79 Å². The smallest absolute Gasteiger partial charge is 0.414 e. The second kappa shape index (κ2) is 3.68. The molecule has 0 aromatic heterocycles. The Bertz CT molecular complexity index is 217. The molecule has 0 unspecified atom stereocenters. The fourth-order valence-corrected chi connectivity index (χ4v) is 0.883. The summed E-state index contributed by atoms with van der Waals surface area (Å²) in [5, 5.41) is 0. The molecular formula is C9H15NO3. The lowest BCUT2D eigenvalue weighted by atomic mass is 10.2. The van der Waals surface area contributed by atoms with Gasteiger partial charge in [0.05, 0.1) is 12.8 Å². The molecule has 13 heavy (non-hydrogen) atoms. The molecule has 0 atom stereocenters. The summed E-state index contributed by atoms with van der Waals surface area (Å²) in [5.41, 5.74) is -0.441. The number of carbonyl (C=O) groups is 1. The van der Waals surface area contributed by atoms with E-state index in [2.05, 4.69) is 0 Å². The van der Waals surface area contributed by atoms with E-state index >= 15 is 0 Å². The molecule has 0 N–H and O–H groups in total. The molecule has 4 nitrogen and oxygen atoms in total. The van der Waals surface area contributed by atoms with Gasteiger partial charge in [-0.25, -0.2) is 4.79 Å². The van der Waals surface area contributed by atoms with Gasteiger partial charge in [-0.05, 0) is 20.8 Å². The lowest BCUT2D eigenvalue weighted by Gasteiger charge is -2.26. The van der Waals surface area contributed by atoms with Crippen molar-refractivity contribution in [2.45, 2.75) is 26.4 Å². The Morgan fingerprint density at radius 2 is 2.23 bits per heavy atom.